The van der Waals surface area contributed by atoms with Gasteiger partial charge in [0.2, 0.25) is 5.91 Å². The smallest absolute Gasteiger partial charge is 0.223 e. The van der Waals surface area contributed by atoms with Crippen LogP contribution >= 0.6 is 23.1 Å². The minimum absolute atomic E-state index is 0.277. The highest BCUT2D eigenvalue weighted by atomic mass is 32.2. The number of carbonyl (C=O) groups is 1. The summed E-state index contributed by atoms with van der Waals surface area (Å²) >= 11 is 3.69. The van der Waals surface area contributed by atoms with Gasteiger partial charge in [-0.1, -0.05) is 18.9 Å². The third-order valence-corrected chi connectivity index (χ3v) is 5.16. The van der Waals surface area contributed by atoms with Gasteiger partial charge in [0, 0.05) is 28.8 Å². The molecule has 1 aliphatic carbocycles. The van der Waals surface area contributed by atoms with Crippen molar-refractivity contribution in [3.8, 4) is 0 Å². The van der Waals surface area contributed by atoms with Crippen LogP contribution < -0.4 is 5.32 Å². The molecule has 2 nitrogen and oxygen atoms in total. The minimum Gasteiger partial charge on any atom is -0.355 e. The fourth-order valence-electron chi connectivity index (χ4n) is 2.15. The van der Waals surface area contributed by atoms with Gasteiger partial charge in [-0.25, -0.2) is 0 Å². The van der Waals surface area contributed by atoms with E-state index >= 15 is 0 Å². The molecule has 0 unspecified atom stereocenters. The molecule has 1 amide bonds. The van der Waals surface area contributed by atoms with Crippen LogP contribution in [0.25, 0.3) is 0 Å². The molecule has 0 atom stereocenters. The molecular formula is C13H19NOS2. The zero-order valence-electron chi connectivity index (χ0n) is 9.98. The maximum atomic E-state index is 11.7. The van der Waals surface area contributed by atoms with E-state index in [0.29, 0.717) is 5.92 Å². The SMILES string of the molecule is O=C(NCCSCc1cccs1)C1CCCC1. The Hall–Kier alpha value is -0.480. The first-order chi connectivity index (χ1) is 8.36. The molecule has 2 rings (SSSR count). The van der Waals surface area contributed by atoms with E-state index in [0.717, 1.165) is 30.9 Å². The highest BCUT2D eigenvalue weighted by Crippen LogP contribution is 2.24. The summed E-state index contributed by atoms with van der Waals surface area (Å²) in [6.07, 6.45) is 4.64. The fraction of sp³-hybridized carbons (Fsp3) is 0.615. The van der Waals surface area contributed by atoms with Gasteiger partial charge in [-0.15, -0.1) is 11.3 Å². The highest BCUT2D eigenvalue weighted by Gasteiger charge is 2.21. The van der Waals surface area contributed by atoms with Gasteiger partial charge in [0.05, 0.1) is 0 Å². The Bertz CT molecular complexity index is 331. The van der Waals surface area contributed by atoms with E-state index in [2.05, 4.69) is 22.8 Å². The van der Waals surface area contributed by atoms with Crippen LogP contribution in [0.4, 0.5) is 0 Å². The topological polar surface area (TPSA) is 29.1 Å². The molecule has 0 saturated heterocycles. The first-order valence-corrected chi connectivity index (χ1v) is 8.27. The summed E-state index contributed by atoms with van der Waals surface area (Å²) in [5.74, 6) is 2.66. The lowest BCUT2D eigenvalue weighted by Gasteiger charge is -2.09. The van der Waals surface area contributed by atoms with Crippen LogP contribution in [0.2, 0.25) is 0 Å². The minimum atomic E-state index is 0.277. The molecule has 17 heavy (non-hydrogen) atoms. The predicted molar refractivity (Wildman–Crippen MR) is 75.4 cm³/mol. The fourth-order valence-corrected chi connectivity index (χ4v) is 3.85. The van der Waals surface area contributed by atoms with Gasteiger partial charge in [0.15, 0.2) is 0 Å². The van der Waals surface area contributed by atoms with Gasteiger partial charge in [-0.2, -0.15) is 11.8 Å². The standard InChI is InChI=1S/C13H19NOS2/c15-13(11-4-1-2-5-11)14-7-9-16-10-12-6-3-8-17-12/h3,6,8,11H,1-2,4-5,7,9-10H2,(H,14,15). The molecule has 1 N–H and O–H groups in total. The molecule has 1 aromatic rings. The summed E-state index contributed by atoms with van der Waals surface area (Å²) in [6.45, 7) is 0.811. The van der Waals surface area contributed by atoms with Gasteiger partial charge in [0.25, 0.3) is 0 Å². The largest absolute Gasteiger partial charge is 0.355 e. The van der Waals surface area contributed by atoms with Crippen molar-refractivity contribution in [2.24, 2.45) is 5.92 Å². The maximum Gasteiger partial charge on any atom is 0.223 e. The van der Waals surface area contributed by atoms with Gasteiger partial charge >= 0.3 is 0 Å². The quantitative estimate of drug-likeness (QED) is 0.803. The third-order valence-electron chi connectivity index (χ3n) is 3.10. The molecule has 0 aromatic carbocycles. The van der Waals surface area contributed by atoms with Crippen LogP contribution in [-0.2, 0) is 10.5 Å². The van der Waals surface area contributed by atoms with Crippen molar-refractivity contribution >= 4 is 29.0 Å². The Morgan fingerprint density at radius 3 is 3.00 bits per heavy atom. The summed E-state index contributed by atoms with van der Waals surface area (Å²) in [7, 11) is 0. The molecule has 0 radical (unpaired) electrons. The van der Waals surface area contributed by atoms with Gasteiger partial charge in [0.1, 0.15) is 0 Å². The van der Waals surface area contributed by atoms with Crippen LogP contribution in [0.15, 0.2) is 17.5 Å². The van der Waals surface area contributed by atoms with Crippen molar-refractivity contribution in [1.82, 2.24) is 5.32 Å². The van der Waals surface area contributed by atoms with Crippen LogP contribution in [-0.4, -0.2) is 18.2 Å². The third kappa shape index (κ3) is 4.36. The van der Waals surface area contributed by atoms with Gasteiger partial charge in [-0.05, 0) is 24.3 Å². The van der Waals surface area contributed by atoms with E-state index < -0.39 is 0 Å². The first-order valence-electron chi connectivity index (χ1n) is 6.24. The molecule has 0 aliphatic heterocycles. The van der Waals surface area contributed by atoms with Crippen molar-refractivity contribution in [1.29, 1.82) is 0 Å². The number of carbonyl (C=O) groups excluding carboxylic acids is 1. The van der Waals surface area contributed by atoms with E-state index in [1.165, 1.54) is 17.7 Å². The average molecular weight is 269 g/mol. The van der Waals surface area contributed by atoms with Crippen molar-refractivity contribution in [2.75, 3.05) is 12.3 Å². The number of amides is 1. The Morgan fingerprint density at radius 1 is 1.47 bits per heavy atom. The lowest BCUT2D eigenvalue weighted by atomic mass is 10.1. The molecule has 1 aromatic heterocycles. The predicted octanol–water partition coefficient (Wildman–Crippen LogP) is 3.29. The number of rotatable bonds is 6. The summed E-state index contributed by atoms with van der Waals surface area (Å²) in [4.78, 5) is 13.1. The average Bonchev–Trinajstić information content (AvgIpc) is 3.01. The maximum absolute atomic E-state index is 11.7. The van der Waals surface area contributed by atoms with E-state index in [1.54, 1.807) is 11.3 Å². The molecule has 1 heterocycles. The number of thioether (sulfide) groups is 1. The van der Waals surface area contributed by atoms with Crippen LogP contribution in [0, 0.1) is 5.92 Å². The van der Waals surface area contributed by atoms with E-state index in [1.807, 2.05) is 11.8 Å². The summed E-state index contributed by atoms with van der Waals surface area (Å²) in [5, 5.41) is 5.16. The Kier molecular flexibility index (Phi) is 5.39. The second-order valence-corrected chi connectivity index (χ2v) is 6.54. The molecule has 1 saturated carbocycles. The highest BCUT2D eigenvalue weighted by molar-refractivity contribution is 7.98. The van der Waals surface area contributed by atoms with Gasteiger partial charge in [-0.3, -0.25) is 4.79 Å². The van der Waals surface area contributed by atoms with Crippen molar-refractivity contribution in [2.45, 2.75) is 31.4 Å². The summed E-state index contributed by atoms with van der Waals surface area (Å²) in [5.41, 5.74) is 0. The van der Waals surface area contributed by atoms with Crippen molar-refractivity contribution in [3.63, 3.8) is 0 Å². The Labute approximate surface area is 111 Å². The Balaban J connectivity index is 1.52. The molecule has 94 valence electrons. The summed E-state index contributed by atoms with van der Waals surface area (Å²) in [6, 6.07) is 4.25. The van der Waals surface area contributed by atoms with E-state index in [9.17, 15) is 4.79 Å². The molecule has 1 fully saturated rings. The van der Waals surface area contributed by atoms with Crippen LogP contribution in [0.5, 0.6) is 0 Å². The number of nitrogens with one attached hydrogen (secondary N) is 1. The zero-order chi connectivity index (χ0) is 11.9. The van der Waals surface area contributed by atoms with Crippen LogP contribution in [0.3, 0.4) is 0 Å². The monoisotopic (exact) mass is 269 g/mol. The molecule has 0 spiro atoms. The number of hydrogen-bond acceptors (Lipinski definition) is 3. The number of hydrogen-bond donors (Lipinski definition) is 1. The van der Waals surface area contributed by atoms with E-state index in [4.69, 9.17) is 0 Å². The van der Waals surface area contributed by atoms with Crippen molar-refractivity contribution in [3.05, 3.63) is 22.4 Å². The molecule has 4 heteroatoms. The number of thiophene rings is 1. The lowest BCUT2D eigenvalue weighted by molar-refractivity contribution is -0.124. The second-order valence-electron chi connectivity index (χ2n) is 4.40. The summed E-state index contributed by atoms with van der Waals surface area (Å²) < 4.78 is 0. The van der Waals surface area contributed by atoms with Crippen molar-refractivity contribution < 1.29 is 4.79 Å². The lowest BCUT2D eigenvalue weighted by Crippen LogP contribution is -2.31. The molecular weight excluding hydrogens is 250 g/mol. The zero-order valence-corrected chi connectivity index (χ0v) is 11.6. The molecule has 0 bridgehead atoms. The van der Waals surface area contributed by atoms with E-state index in [-0.39, 0.29) is 5.91 Å². The van der Waals surface area contributed by atoms with Gasteiger partial charge < -0.3 is 5.32 Å². The first kappa shape index (κ1) is 13.0. The Morgan fingerprint density at radius 2 is 2.29 bits per heavy atom. The molecule has 1 aliphatic rings. The van der Waals surface area contributed by atoms with Crippen LogP contribution in [0.1, 0.15) is 30.6 Å². The second kappa shape index (κ2) is 7.07. The normalized spacial score (nSPS) is 16.2.